The molecule has 0 spiro atoms. The van der Waals surface area contributed by atoms with Crippen molar-refractivity contribution in [2.75, 3.05) is 13.1 Å². The topological polar surface area (TPSA) is 70.8 Å². The van der Waals surface area contributed by atoms with Crippen molar-refractivity contribution >= 4 is 0 Å². The van der Waals surface area contributed by atoms with Gasteiger partial charge in [-0.2, -0.15) is 5.26 Å². The van der Waals surface area contributed by atoms with E-state index in [1.165, 1.54) is 12.5 Å². The number of ether oxygens (including phenoxy) is 1. The highest BCUT2D eigenvalue weighted by Crippen LogP contribution is 2.14. The van der Waals surface area contributed by atoms with Crippen LogP contribution in [0.4, 0.5) is 0 Å². The summed E-state index contributed by atoms with van der Waals surface area (Å²) in [5.74, 6) is 0.379. The number of aromatic nitrogens is 2. The molecule has 0 atom stereocenters. The molecule has 1 aromatic heterocycles. The average Bonchev–Trinajstić information content (AvgIpc) is 2.12. The van der Waals surface area contributed by atoms with E-state index in [0.29, 0.717) is 11.4 Å². The Morgan fingerprint density at radius 3 is 3.08 bits per heavy atom. The van der Waals surface area contributed by atoms with Crippen LogP contribution in [-0.4, -0.2) is 29.2 Å². The summed E-state index contributed by atoms with van der Waals surface area (Å²) in [5, 5.41) is 11.8. The Morgan fingerprint density at radius 2 is 2.46 bits per heavy atom. The first-order valence-electron chi connectivity index (χ1n) is 3.97. The molecule has 0 saturated carbocycles. The first kappa shape index (κ1) is 7.95. The maximum Gasteiger partial charge on any atom is 0.235 e. The van der Waals surface area contributed by atoms with Crippen molar-refractivity contribution in [3.05, 3.63) is 18.1 Å². The Hall–Kier alpha value is -1.67. The van der Waals surface area contributed by atoms with Crippen LogP contribution in [0.25, 0.3) is 0 Å². The monoisotopic (exact) mass is 176 g/mol. The van der Waals surface area contributed by atoms with Gasteiger partial charge >= 0.3 is 0 Å². The molecule has 1 aliphatic heterocycles. The zero-order valence-corrected chi connectivity index (χ0v) is 6.90. The van der Waals surface area contributed by atoms with E-state index in [0.717, 1.165) is 13.1 Å². The van der Waals surface area contributed by atoms with Crippen molar-refractivity contribution in [2.24, 2.45) is 0 Å². The summed E-state index contributed by atoms with van der Waals surface area (Å²) < 4.78 is 5.44. The lowest BCUT2D eigenvalue weighted by atomic mass is 10.2. The van der Waals surface area contributed by atoms with Gasteiger partial charge in [-0.3, -0.25) is 0 Å². The Morgan fingerprint density at radius 1 is 1.62 bits per heavy atom. The number of hydrogen-bond donors (Lipinski definition) is 1. The average molecular weight is 176 g/mol. The number of hydrogen-bond acceptors (Lipinski definition) is 5. The van der Waals surface area contributed by atoms with Crippen LogP contribution in [0, 0.1) is 11.3 Å². The fourth-order valence-electron chi connectivity index (χ4n) is 0.992. The molecule has 66 valence electrons. The third-order valence-corrected chi connectivity index (χ3v) is 1.82. The Bertz CT molecular complexity index is 342. The van der Waals surface area contributed by atoms with E-state index in [4.69, 9.17) is 10.00 Å². The summed E-state index contributed by atoms with van der Waals surface area (Å²) in [7, 11) is 0. The van der Waals surface area contributed by atoms with Crippen LogP contribution < -0.4 is 10.1 Å². The van der Waals surface area contributed by atoms with Crippen molar-refractivity contribution < 1.29 is 4.74 Å². The molecule has 1 fully saturated rings. The second-order valence-electron chi connectivity index (χ2n) is 2.75. The summed E-state index contributed by atoms with van der Waals surface area (Å²) in [4.78, 5) is 7.63. The van der Waals surface area contributed by atoms with Gasteiger partial charge < -0.3 is 10.1 Å². The molecule has 1 saturated heterocycles. The van der Waals surface area contributed by atoms with Gasteiger partial charge in [0.15, 0.2) is 0 Å². The summed E-state index contributed by atoms with van der Waals surface area (Å²) in [6, 6.07) is 1.98. The van der Waals surface area contributed by atoms with Crippen LogP contribution in [0.1, 0.15) is 5.56 Å². The van der Waals surface area contributed by atoms with Crippen LogP contribution in [0.2, 0.25) is 0 Å². The molecule has 13 heavy (non-hydrogen) atoms. The largest absolute Gasteiger partial charge is 0.471 e. The third-order valence-electron chi connectivity index (χ3n) is 1.82. The van der Waals surface area contributed by atoms with Gasteiger partial charge in [0.2, 0.25) is 5.88 Å². The predicted octanol–water partition coefficient (Wildman–Crippen LogP) is -0.301. The molecule has 0 aliphatic carbocycles. The summed E-state index contributed by atoms with van der Waals surface area (Å²) >= 11 is 0. The second kappa shape index (κ2) is 3.37. The molecular weight excluding hydrogens is 168 g/mol. The van der Waals surface area contributed by atoms with E-state index < -0.39 is 0 Å². The number of nitrogens with one attached hydrogen (secondary N) is 1. The van der Waals surface area contributed by atoms with Crippen LogP contribution >= 0.6 is 0 Å². The summed E-state index contributed by atoms with van der Waals surface area (Å²) in [6.45, 7) is 1.63. The normalized spacial score (nSPS) is 15.9. The van der Waals surface area contributed by atoms with E-state index >= 15 is 0 Å². The molecule has 1 aliphatic rings. The molecule has 1 aromatic rings. The zero-order chi connectivity index (χ0) is 9.10. The minimum Gasteiger partial charge on any atom is -0.471 e. The predicted molar refractivity (Wildman–Crippen MR) is 44.0 cm³/mol. The summed E-state index contributed by atoms with van der Waals surface area (Å²) in [5.41, 5.74) is 0.384. The van der Waals surface area contributed by atoms with Crippen molar-refractivity contribution in [1.82, 2.24) is 15.3 Å². The van der Waals surface area contributed by atoms with Crippen molar-refractivity contribution in [1.29, 1.82) is 5.26 Å². The third kappa shape index (κ3) is 1.58. The van der Waals surface area contributed by atoms with Crippen LogP contribution in [0.15, 0.2) is 12.5 Å². The number of nitriles is 1. The van der Waals surface area contributed by atoms with Crippen molar-refractivity contribution in [2.45, 2.75) is 6.10 Å². The molecular formula is C8H8N4O. The Balaban J connectivity index is 2.14. The highest BCUT2D eigenvalue weighted by atomic mass is 16.5. The standard InChI is InChI=1S/C8H8N4O/c9-1-6-2-11-5-12-8(6)13-7-3-10-4-7/h2,5,7,10H,3-4H2. The minimum absolute atomic E-state index is 0.141. The molecule has 0 amide bonds. The zero-order valence-electron chi connectivity index (χ0n) is 6.90. The molecule has 0 radical (unpaired) electrons. The second-order valence-corrected chi connectivity index (χ2v) is 2.75. The van der Waals surface area contributed by atoms with E-state index in [2.05, 4.69) is 15.3 Å². The minimum atomic E-state index is 0.141. The fourth-order valence-corrected chi connectivity index (χ4v) is 0.992. The van der Waals surface area contributed by atoms with Gasteiger partial charge in [0, 0.05) is 13.1 Å². The molecule has 0 aromatic carbocycles. The van der Waals surface area contributed by atoms with E-state index in [-0.39, 0.29) is 6.10 Å². The van der Waals surface area contributed by atoms with Gasteiger partial charge in [0.05, 0.1) is 6.20 Å². The van der Waals surface area contributed by atoms with E-state index in [1.54, 1.807) is 0 Å². The van der Waals surface area contributed by atoms with E-state index in [1.807, 2.05) is 6.07 Å². The molecule has 0 bridgehead atoms. The highest BCUT2D eigenvalue weighted by molar-refractivity contribution is 5.34. The number of rotatable bonds is 2. The highest BCUT2D eigenvalue weighted by Gasteiger charge is 2.20. The molecule has 1 N–H and O–H groups in total. The van der Waals surface area contributed by atoms with Gasteiger partial charge in [-0.1, -0.05) is 0 Å². The van der Waals surface area contributed by atoms with Crippen LogP contribution in [-0.2, 0) is 0 Å². The fraction of sp³-hybridized carbons (Fsp3) is 0.375. The van der Waals surface area contributed by atoms with Crippen molar-refractivity contribution in [3.8, 4) is 11.9 Å². The number of nitrogens with zero attached hydrogens (tertiary/aromatic N) is 3. The molecule has 5 nitrogen and oxygen atoms in total. The molecule has 5 heteroatoms. The maximum absolute atomic E-state index is 8.70. The molecule has 2 heterocycles. The van der Waals surface area contributed by atoms with Crippen molar-refractivity contribution in [3.63, 3.8) is 0 Å². The lowest BCUT2D eigenvalue weighted by molar-refractivity contribution is 0.135. The van der Waals surface area contributed by atoms with Gasteiger partial charge in [-0.05, 0) is 0 Å². The maximum atomic E-state index is 8.70. The first-order valence-corrected chi connectivity index (χ1v) is 3.97. The van der Waals surface area contributed by atoms with Crippen LogP contribution in [0.3, 0.4) is 0 Å². The lowest BCUT2D eigenvalue weighted by Crippen LogP contribution is -2.50. The summed E-state index contributed by atoms with van der Waals surface area (Å²) in [6.07, 6.45) is 2.97. The Kier molecular flexibility index (Phi) is 2.06. The first-order chi connectivity index (χ1) is 6.40. The van der Waals surface area contributed by atoms with Crippen LogP contribution in [0.5, 0.6) is 5.88 Å². The smallest absolute Gasteiger partial charge is 0.235 e. The van der Waals surface area contributed by atoms with Gasteiger partial charge in [-0.25, -0.2) is 9.97 Å². The van der Waals surface area contributed by atoms with E-state index in [9.17, 15) is 0 Å². The quantitative estimate of drug-likeness (QED) is 0.669. The molecule has 2 rings (SSSR count). The van der Waals surface area contributed by atoms with Gasteiger partial charge in [0.1, 0.15) is 24.1 Å². The van der Waals surface area contributed by atoms with Gasteiger partial charge in [-0.15, -0.1) is 0 Å². The SMILES string of the molecule is N#Cc1cncnc1OC1CNC1. The Labute approximate surface area is 75.4 Å². The molecule has 0 unspecified atom stereocenters. The van der Waals surface area contributed by atoms with Gasteiger partial charge in [0.25, 0.3) is 0 Å². The lowest BCUT2D eigenvalue weighted by Gasteiger charge is -2.27.